The second-order valence-corrected chi connectivity index (χ2v) is 7.62. The number of tetrazole rings is 1. The Morgan fingerprint density at radius 2 is 1.87 bits per heavy atom. The largest absolute Gasteiger partial charge is 0.573 e. The number of benzene rings is 2. The van der Waals surface area contributed by atoms with Crippen molar-refractivity contribution in [3.8, 4) is 11.4 Å². The van der Waals surface area contributed by atoms with Gasteiger partial charge in [-0.15, -0.1) is 18.3 Å². The minimum Gasteiger partial charge on any atom is -0.422 e. The predicted molar refractivity (Wildman–Crippen MR) is 107 cm³/mol. The van der Waals surface area contributed by atoms with Crippen LogP contribution in [-0.4, -0.2) is 26.6 Å². The lowest BCUT2D eigenvalue weighted by molar-refractivity contribution is -0.274. The van der Waals surface area contributed by atoms with Crippen LogP contribution in [0.4, 0.5) is 13.2 Å². The highest BCUT2D eigenvalue weighted by Crippen LogP contribution is 2.29. The normalized spacial score (nSPS) is 11.8. The maximum Gasteiger partial charge on any atom is 0.573 e. The molecule has 0 fully saturated rings. The zero-order valence-corrected chi connectivity index (χ0v) is 17.1. The Bertz CT molecular complexity index is 1300. The summed E-state index contributed by atoms with van der Waals surface area (Å²) in [6.07, 6.45) is -4.76. The van der Waals surface area contributed by atoms with Gasteiger partial charge in [0, 0.05) is 17.2 Å². The highest BCUT2D eigenvalue weighted by molar-refractivity contribution is 7.98. The lowest BCUT2D eigenvalue weighted by atomic mass is 10.0. The molecule has 31 heavy (non-hydrogen) atoms. The average Bonchev–Trinajstić information content (AvgIpc) is 3.17. The van der Waals surface area contributed by atoms with E-state index in [0.29, 0.717) is 22.2 Å². The summed E-state index contributed by atoms with van der Waals surface area (Å²) in [5.74, 6) is 0.0481. The molecule has 0 aliphatic carbocycles. The average molecular weight is 448 g/mol. The van der Waals surface area contributed by atoms with Gasteiger partial charge in [0.25, 0.3) is 0 Å². The van der Waals surface area contributed by atoms with Crippen LogP contribution < -0.4 is 10.4 Å². The Morgan fingerprint density at radius 1 is 1.13 bits per heavy atom. The summed E-state index contributed by atoms with van der Waals surface area (Å²) >= 11 is 1.28. The number of halogens is 3. The third kappa shape index (κ3) is 4.55. The van der Waals surface area contributed by atoms with Gasteiger partial charge in [0.05, 0.1) is 5.69 Å². The number of aromatic nitrogens is 4. The molecule has 2 heterocycles. The van der Waals surface area contributed by atoms with Crippen molar-refractivity contribution in [1.82, 2.24) is 20.2 Å². The molecular weight excluding hydrogens is 433 g/mol. The molecular formula is C20H15F3N4O3S. The topological polar surface area (TPSA) is 83.0 Å². The second kappa shape index (κ2) is 8.06. The number of hydrogen-bond donors (Lipinski definition) is 0. The first-order chi connectivity index (χ1) is 14.7. The fourth-order valence-electron chi connectivity index (χ4n) is 3.01. The lowest BCUT2D eigenvalue weighted by Gasteiger charge is -2.10. The van der Waals surface area contributed by atoms with Crippen LogP contribution in [0.2, 0.25) is 0 Å². The van der Waals surface area contributed by atoms with E-state index in [1.54, 1.807) is 0 Å². The Balaban J connectivity index is 1.59. The molecule has 0 unspecified atom stereocenters. The number of ether oxygens (including phenoxy) is 1. The monoisotopic (exact) mass is 448 g/mol. The molecule has 2 aromatic carbocycles. The van der Waals surface area contributed by atoms with Gasteiger partial charge in [-0.25, -0.2) is 4.79 Å². The van der Waals surface area contributed by atoms with Gasteiger partial charge in [0.2, 0.25) is 5.16 Å². The molecule has 4 aromatic rings. The molecule has 0 spiro atoms. The zero-order chi connectivity index (χ0) is 22.2. The number of rotatable bonds is 5. The van der Waals surface area contributed by atoms with Gasteiger partial charge in [-0.3, -0.25) is 0 Å². The maximum atomic E-state index is 12.3. The molecule has 0 atom stereocenters. The maximum absolute atomic E-state index is 12.3. The minimum atomic E-state index is -4.76. The summed E-state index contributed by atoms with van der Waals surface area (Å²) in [5, 5.41) is 12.8. The van der Waals surface area contributed by atoms with E-state index in [1.165, 1.54) is 46.8 Å². The highest BCUT2D eigenvalue weighted by atomic mass is 32.2. The Kier molecular flexibility index (Phi) is 5.44. The molecule has 0 saturated carbocycles. The van der Waals surface area contributed by atoms with Crippen molar-refractivity contribution in [2.75, 3.05) is 0 Å². The first-order valence-electron chi connectivity index (χ1n) is 9.01. The summed E-state index contributed by atoms with van der Waals surface area (Å²) in [5.41, 5.74) is 3.24. The van der Waals surface area contributed by atoms with E-state index in [1.807, 2.05) is 26.0 Å². The smallest absolute Gasteiger partial charge is 0.422 e. The summed E-state index contributed by atoms with van der Waals surface area (Å²) in [4.78, 5) is 12.0. The van der Waals surface area contributed by atoms with Crippen LogP contribution in [-0.2, 0) is 5.75 Å². The fraction of sp³-hybridized carbons (Fsp3) is 0.200. The first kappa shape index (κ1) is 20.9. The summed E-state index contributed by atoms with van der Waals surface area (Å²) in [6.45, 7) is 3.83. The van der Waals surface area contributed by atoms with Gasteiger partial charge in [0.15, 0.2) is 0 Å². The van der Waals surface area contributed by atoms with E-state index in [4.69, 9.17) is 4.42 Å². The molecule has 0 aliphatic heterocycles. The number of fused-ring (bicyclic) bond motifs is 1. The lowest BCUT2D eigenvalue weighted by Crippen LogP contribution is -2.17. The fourth-order valence-corrected chi connectivity index (χ4v) is 3.89. The van der Waals surface area contributed by atoms with Gasteiger partial charge in [0.1, 0.15) is 11.3 Å². The molecule has 0 N–H and O–H groups in total. The predicted octanol–water partition coefficient (Wildman–Crippen LogP) is 4.58. The molecule has 2 aromatic heterocycles. The third-order valence-corrected chi connectivity index (χ3v) is 5.60. The van der Waals surface area contributed by atoms with E-state index in [-0.39, 0.29) is 5.75 Å². The molecule has 0 radical (unpaired) electrons. The number of hydrogen-bond acceptors (Lipinski definition) is 7. The quantitative estimate of drug-likeness (QED) is 0.327. The summed E-state index contributed by atoms with van der Waals surface area (Å²) in [6, 6.07) is 10.5. The molecule has 7 nitrogen and oxygen atoms in total. The van der Waals surface area contributed by atoms with E-state index < -0.39 is 12.0 Å². The van der Waals surface area contributed by atoms with Crippen LogP contribution in [0, 0.1) is 13.8 Å². The van der Waals surface area contributed by atoms with E-state index in [9.17, 15) is 18.0 Å². The van der Waals surface area contributed by atoms with Crippen molar-refractivity contribution in [1.29, 1.82) is 0 Å². The van der Waals surface area contributed by atoms with Gasteiger partial charge in [-0.1, -0.05) is 23.9 Å². The Labute approximate surface area is 177 Å². The first-order valence-corrected chi connectivity index (χ1v) is 10.00. The highest BCUT2D eigenvalue weighted by Gasteiger charge is 2.31. The minimum absolute atomic E-state index is 0.341. The zero-order valence-electron chi connectivity index (χ0n) is 16.3. The van der Waals surface area contributed by atoms with Crippen LogP contribution in [0.3, 0.4) is 0 Å². The van der Waals surface area contributed by atoms with Crippen molar-refractivity contribution >= 4 is 22.7 Å². The van der Waals surface area contributed by atoms with Crippen molar-refractivity contribution in [2.45, 2.75) is 31.1 Å². The molecule has 0 bridgehead atoms. The number of alkyl halides is 3. The van der Waals surface area contributed by atoms with Gasteiger partial charge in [-0.2, -0.15) is 4.68 Å². The molecule has 160 valence electrons. The van der Waals surface area contributed by atoms with Crippen LogP contribution >= 0.6 is 11.8 Å². The SMILES string of the molecule is Cc1ccc2c(CSc3nnnn3-c3ccc(OC(F)(F)F)cc3)cc(=O)oc2c1C. The van der Waals surface area contributed by atoms with Gasteiger partial charge >= 0.3 is 12.0 Å². The second-order valence-electron chi connectivity index (χ2n) is 6.68. The van der Waals surface area contributed by atoms with Crippen molar-refractivity contribution < 1.29 is 22.3 Å². The number of thioether (sulfide) groups is 1. The van der Waals surface area contributed by atoms with E-state index >= 15 is 0 Å². The summed E-state index contributed by atoms with van der Waals surface area (Å²) in [7, 11) is 0. The third-order valence-electron chi connectivity index (χ3n) is 4.63. The Hall–Kier alpha value is -3.34. The number of nitrogens with zero attached hydrogens (tertiary/aromatic N) is 4. The van der Waals surface area contributed by atoms with E-state index in [2.05, 4.69) is 20.3 Å². The standard InChI is InChI=1S/C20H15F3N4O3S/c1-11-3-8-16-13(9-17(28)29-18(16)12(11)2)10-31-19-24-25-26-27(19)14-4-6-15(7-5-14)30-20(21,22)23/h3-9H,10H2,1-2H3. The van der Waals surface area contributed by atoms with Crippen LogP contribution in [0.15, 0.2) is 56.8 Å². The van der Waals surface area contributed by atoms with Crippen molar-refractivity contribution in [3.05, 3.63) is 69.6 Å². The van der Waals surface area contributed by atoms with Crippen LogP contribution in [0.1, 0.15) is 16.7 Å². The Morgan fingerprint density at radius 3 is 2.58 bits per heavy atom. The molecule has 0 aliphatic rings. The summed E-state index contributed by atoms with van der Waals surface area (Å²) < 4.78 is 47.7. The van der Waals surface area contributed by atoms with Crippen molar-refractivity contribution in [3.63, 3.8) is 0 Å². The molecule has 4 rings (SSSR count). The van der Waals surface area contributed by atoms with E-state index in [0.717, 1.165) is 22.1 Å². The molecule has 0 amide bonds. The molecule has 0 saturated heterocycles. The van der Waals surface area contributed by atoms with Gasteiger partial charge < -0.3 is 9.15 Å². The molecule has 11 heteroatoms. The number of aryl methyl sites for hydroxylation is 2. The van der Waals surface area contributed by atoms with Crippen molar-refractivity contribution in [2.24, 2.45) is 0 Å². The van der Waals surface area contributed by atoms with Crippen LogP contribution in [0.25, 0.3) is 16.7 Å². The van der Waals surface area contributed by atoms with Crippen LogP contribution in [0.5, 0.6) is 5.75 Å². The van der Waals surface area contributed by atoms with Gasteiger partial charge in [-0.05, 0) is 65.2 Å².